The minimum Gasteiger partial charge on any atom is -0.385 e. The van der Waals surface area contributed by atoms with E-state index in [1.165, 1.54) is 18.7 Å². The molecule has 2 aromatic rings. The summed E-state index contributed by atoms with van der Waals surface area (Å²) < 4.78 is 4.98. The first-order chi connectivity index (χ1) is 10.3. The topological polar surface area (TPSA) is 109 Å². The van der Waals surface area contributed by atoms with Crippen LogP contribution in [0.1, 0.15) is 12.1 Å². The molecular formula is C13H15N7O. The molecule has 0 aliphatic carbocycles. The fourth-order valence-electron chi connectivity index (χ4n) is 1.54. The number of anilines is 3. The van der Waals surface area contributed by atoms with Crippen LogP contribution in [0.25, 0.3) is 0 Å². The summed E-state index contributed by atoms with van der Waals surface area (Å²) in [5, 5.41) is 14.8. The summed E-state index contributed by atoms with van der Waals surface area (Å²) in [7, 11) is 1.67. The van der Waals surface area contributed by atoms with Crippen LogP contribution in [-0.2, 0) is 4.74 Å². The van der Waals surface area contributed by atoms with Crippen LogP contribution >= 0.6 is 0 Å². The van der Waals surface area contributed by atoms with Crippen LogP contribution in [0.2, 0.25) is 0 Å². The second-order valence-corrected chi connectivity index (χ2v) is 4.09. The van der Waals surface area contributed by atoms with E-state index in [2.05, 4.69) is 30.6 Å². The van der Waals surface area contributed by atoms with Crippen LogP contribution in [0, 0.1) is 11.3 Å². The van der Waals surface area contributed by atoms with E-state index in [9.17, 15) is 0 Å². The summed E-state index contributed by atoms with van der Waals surface area (Å²) >= 11 is 0. The molecule has 0 bridgehead atoms. The third-order valence-corrected chi connectivity index (χ3v) is 2.52. The van der Waals surface area contributed by atoms with Gasteiger partial charge in [-0.05, 0) is 6.42 Å². The Morgan fingerprint density at radius 3 is 2.71 bits per heavy atom. The Balaban J connectivity index is 1.95. The highest BCUT2D eigenvalue weighted by Crippen LogP contribution is 2.13. The van der Waals surface area contributed by atoms with Gasteiger partial charge in [0.1, 0.15) is 29.9 Å². The smallest absolute Gasteiger partial charge is 0.158 e. The van der Waals surface area contributed by atoms with Gasteiger partial charge in [0.05, 0.1) is 12.4 Å². The summed E-state index contributed by atoms with van der Waals surface area (Å²) in [5.41, 5.74) is 0.267. The average molecular weight is 285 g/mol. The predicted molar refractivity (Wildman–Crippen MR) is 77.0 cm³/mol. The Morgan fingerprint density at radius 1 is 1.14 bits per heavy atom. The van der Waals surface area contributed by atoms with E-state index in [4.69, 9.17) is 10.00 Å². The van der Waals surface area contributed by atoms with Crippen LogP contribution < -0.4 is 10.6 Å². The normalized spacial score (nSPS) is 9.90. The molecule has 0 aliphatic heterocycles. The SMILES string of the molecule is COCCCNc1cc(Nc2cnc(C#N)cn2)ncn1. The Bertz CT molecular complexity index is 609. The van der Waals surface area contributed by atoms with Crippen LogP contribution in [0.5, 0.6) is 0 Å². The van der Waals surface area contributed by atoms with Gasteiger partial charge in [0, 0.05) is 26.3 Å². The highest BCUT2D eigenvalue weighted by atomic mass is 16.5. The molecule has 8 heteroatoms. The third-order valence-electron chi connectivity index (χ3n) is 2.52. The maximum absolute atomic E-state index is 8.66. The summed E-state index contributed by atoms with van der Waals surface area (Å²) in [6, 6.07) is 3.68. The van der Waals surface area contributed by atoms with E-state index in [-0.39, 0.29) is 5.69 Å². The van der Waals surface area contributed by atoms with Crippen molar-refractivity contribution < 1.29 is 4.74 Å². The van der Waals surface area contributed by atoms with Crippen molar-refractivity contribution in [2.24, 2.45) is 0 Å². The van der Waals surface area contributed by atoms with Gasteiger partial charge in [-0.1, -0.05) is 0 Å². The first kappa shape index (κ1) is 14.6. The van der Waals surface area contributed by atoms with E-state index in [1.54, 1.807) is 13.2 Å². The van der Waals surface area contributed by atoms with Gasteiger partial charge in [-0.25, -0.2) is 19.9 Å². The zero-order chi connectivity index (χ0) is 14.9. The predicted octanol–water partition coefficient (Wildman–Crippen LogP) is 1.33. The Kier molecular flexibility index (Phi) is 5.37. The molecule has 0 radical (unpaired) electrons. The van der Waals surface area contributed by atoms with Gasteiger partial charge < -0.3 is 15.4 Å². The van der Waals surface area contributed by atoms with E-state index in [1.807, 2.05) is 6.07 Å². The highest BCUT2D eigenvalue weighted by Gasteiger charge is 2.01. The van der Waals surface area contributed by atoms with Crippen molar-refractivity contribution >= 4 is 17.5 Å². The highest BCUT2D eigenvalue weighted by molar-refractivity contribution is 5.54. The lowest BCUT2D eigenvalue weighted by Crippen LogP contribution is -2.07. The molecule has 2 N–H and O–H groups in total. The van der Waals surface area contributed by atoms with Crippen molar-refractivity contribution in [3.63, 3.8) is 0 Å². The van der Waals surface area contributed by atoms with Gasteiger partial charge in [-0.15, -0.1) is 0 Å². The molecule has 2 rings (SSSR count). The quantitative estimate of drug-likeness (QED) is 0.733. The number of aromatic nitrogens is 4. The largest absolute Gasteiger partial charge is 0.385 e. The lowest BCUT2D eigenvalue weighted by molar-refractivity contribution is 0.198. The van der Waals surface area contributed by atoms with Gasteiger partial charge in [0.15, 0.2) is 5.69 Å². The van der Waals surface area contributed by atoms with E-state index in [0.29, 0.717) is 24.1 Å². The van der Waals surface area contributed by atoms with Crippen molar-refractivity contribution in [3.05, 3.63) is 30.5 Å². The Labute approximate surface area is 122 Å². The first-order valence-electron chi connectivity index (χ1n) is 6.36. The van der Waals surface area contributed by atoms with Crippen LogP contribution in [0.3, 0.4) is 0 Å². The van der Waals surface area contributed by atoms with Crippen molar-refractivity contribution in [1.82, 2.24) is 19.9 Å². The molecule has 0 aromatic carbocycles. The number of ether oxygens (including phenoxy) is 1. The number of methoxy groups -OCH3 is 1. The van der Waals surface area contributed by atoms with E-state index >= 15 is 0 Å². The van der Waals surface area contributed by atoms with Gasteiger partial charge in [-0.2, -0.15) is 5.26 Å². The Hall–Kier alpha value is -2.79. The van der Waals surface area contributed by atoms with Gasteiger partial charge in [0.25, 0.3) is 0 Å². The number of hydrogen-bond donors (Lipinski definition) is 2. The summed E-state index contributed by atoms with van der Waals surface area (Å²) in [6.07, 6.45) is 5.22. The molecule has 21 heavy (non-hydrogen) atoms. The van der Waals surface area contributed by atoms with Gasteiger partial charge in [0.2, 0.25) is 0 Å². The van der Waals surface area contributed by atoms with Crippen LogP contribution in [0.15, 0.2) is 24.8 Å². The zero-order valence-corrected chi connectivity index (χ0v) is 11.6. The molecule has 2 aromatic heterocycles. The number of hydrogen-bond acceptors (Lipinski definition) is 8. The maximum Gasteiger partial charge on any atom is 0.158 e. The molecule has 108 valence electrons. The summed E-state index contributed by atoms with van der Waals surface area (Å²) in [5.74, 6) is 1.82. The second-order valence-electron chi connectivity index (χ2n) is 4.09. The summed E-state index contributed by atoms with van der Waals surface area (Å²) in [6.45, 7) is 1.46. The molecule has 0 spiro atoms. The number of nitrogens with zero attached hydrogens (tertiary/aromatic N) is 5. The standard InChI is InChI=1S/C13H15N7O/c1-21-4-2-3-15-11-5-12(19-9-18-11)20-13-8-16-10(6-14)7-17-13/h5,7-9H,2-4H2,1H3,(H2,15,17,18,19,20). The van der Waals surface area contributed by atoms with E-state index in [0.717, 1.165) is 13.0 Å². The fraction of sp³-hybridized carbons (Fsp3) is 0.308. The molecule has 0 atom stereocenters. The average Bonchev–Trinajstić information content (AvgIpc) is 2.53. The monoisotopic (exact) mass is 285 g/mol. The molecule has 2 heterocycles. The molecule has 0 amide bonds. The van der Waals surface area contributed by atoms with Crippen LogP contribution in [-0.4, -0.2) is 40.2 Å². The van der Waals surface area contributed by atoms with Crippen molar-refractivity contribution in [1.29, 1.82) is 5.26 Å². The van der Waals surface area contributed by atoms with Gasteiger partial charge in [-0.3, -0.25) is 0 Å². The van der Waals surface area contributed by atoms with Crippen LogP contribution in [0.4, 0.5) is 17.5 Å². The van der Waals surface area contributed by atoms with E-state index < -0.39 is 0 Å². The Morgan fingerprint density at radius 2 is 2.00 bits per heavy atom. The minimum absolute atomic E-state index is 0.267. The number of rotatable bonds is 7. The second kappa shape index (κ2) is 7.72. The first-order valence-corrected chi connectivity index (χ1v) is 6.36. The maximum atomic E-state index is 8.66. The van der Waals surface area contributed by atoms with Crippen molar-refractivity contribution in [2.75, 3.05) is 30.9 Å². The zero-order valence-electron chi connectivity index (χ0n) is 11.6. The minimum atomic E-state index is 0.267. The molecule has 8 nitrogen and oxygen atoms in total. The fourth-order valence-corrected chi connectivity index (χ4v) is 1.54. The molecule has 0 unspecified atom stereocenters. The molecule has 0 fully saturated rings. The summed E-state index contributed by atoms with van der Waals surface area (Å²) in [4.78, 5) is 16.2. The lowest BCUT2D eigenvalue weighted by atomic mass is 10.4. The lowest BCUT2D eigenvalue weighted by Gasteiger charge is -2.07. The molecule has 0 aliphatic rings. The molecular weight excluding hydrogens is 270 g/mol. The molecule has 0 saturated carbocycles. The van der Waals surface area contributed by atoms with Crippen molar-refractivity contribution in [2.45, 2.75) is 6.42 Å². The third kappa shape index (κ3) is 4.67. The van der Waals surface area contributed by atoms with Gasteiger partial charge >= 0.3 is 0 Å². The molecule has 0 saturated heterocycles. The van der Waals surface area contributed by atoms with Crippen molar-refractivity contribution in [3.8, 4) is 6.07 Å². The number of nitriles is 1. The number of nitrogens with one attached hydrogen (secondary N) is 2.